The van der Waals surface area contributed by atoms with Gasteiger partial charge in [-0.15, -0.1) is 0 Å². The first-order valence-corrected chi connectivity index (χ1v) is 10.5. The fourth-order valence-corrected chi connectivity index (χ4v) is 4.13. The molecule has 3 heterocycles. The van der Waals surface area contributed by atoms with Crippen molar-refractivity contribution < 1.29 is 14.0 Å². The summed E-state index contributed by atoms with van der Waals surface area (Å²) in [5, 5.41) is 5.61. The number of furan rings is 1. The van der Waals surface area contributed by atoms with E-state index in [4.69, 9.17) is 4.42 Å². The zero-order valence-corrected chi connectivity index (χ0v) is 17.1. The number of anilines is 1. The first-order chi connectivity index (χ1) is 15.2. The summed E-state index contributed by atoms with van der Waals surface area (Å²) < 4.78 is 5.46. The maximum atomic E-state index is 12.6. The fraction of sp³-hybridized carbons (Fsp3) is 0.200. The minimum absolute atomic E-state index is 0.394. The Hall–Kier alpha value is -3.64. The fourth-order valence-electron chi connectivity index (χ4n) is 4.13. The molecular weight excluding hydrogens is 390 g/mol. The standard InChI is InChI=1S/C25H23N3O3/c29-24-20-10-7-18(23-4-3-13-31-23)14-21(20)22(25(30)27-24)15-26-19-8-5-17(6-9-19)16-28-11-1-2-12-28/h3-10,13-15,26H,1-2,11-12,16H2,(H,27,29,30). The highest BCUT2D eigenvalue weighted by atomic mass is 16.3. The van der Waals surface area contributed by atoms with E-state index in [1.54, 1.807) is 24.6 Å². The monoisotopic (exact) mass is 413 g/mol. The molecule has 5 rings (SSSR count). The Bertz CT molecular complexity index is 1140. The van der Waals surface area contributed by atoms with Crippen molar-refractivity contribution in [2.24, 2.45) is 0 Å². The van der Waals surface area contributed by atoms with Gasteiger partial charge in [-0.1, -0.05) is 18.2 Å². The van der Waals surface area contributed by atoms with E-state index < -0.39 is 11.8 Å². The molecule has 2 aliphatic rings. The van der Waals surface area contributed by atoms with Crippen LogP contribution in [0, 0.1) is 0 Å². The number of carbonyl (C=O) groups is 2. The number of amides is 2. The van der Waals surface area contributed by atoms with Crippen molar-refractivity contribution in [2.45, 2.75) is 19.4 Å². The van der Waals surface area contributed by atoms with Crippen molar-refractivity contribution in [2.75, 3.05) is 18.4 Å². The van der Waals surface area contributed by atoms with Gasteiger partial charge in [0, 0.05) is 35.1 Å². The molecule has 1 saturated heterocycles. The van der Waals surface area contributed by atoms with Gasteiger partial charge in [0.2, 0.25) is 0 Å². The van der Waals surface area contributed by atoms with Crippen LogP contribution < -0.4 is 10.6 Å². The highest BCUT2D eigenvalue weighted by Crippen LogP contribution is 2.30. The molecule has 0 unspecified atom stereocenters. The van der Waals surface area contributed by atoms with Gasteiger partial charge in [0.15, 0.2) is 0 Å². The zero-order chi connectivity index (χ0) is 21.2. The predicted molar refractivity (Wildman–Crippen MR) is 119 cm³/mol. The summed E-state index contributed by atoms with van der Waals surface area (Å²) >= 11 is 0. The van der Waals surface area contributed by atoms with E-state index in [0.29, 0.717) is 22.5 Å². The topological polar surface area (TPSA) is 74.6 Å². The third-order valence-electron chi connectivity index (χ3n) is 5.77. The van der Waals surface area contributed by atoms with Crippen LogP contribution in [0.4, 0.5) is 5.69 Å². The Balaban J connectivity index is 1.39. The van der Waals surface area contributed by atoms with E-state index in [1.165, 1.54) is 31.5 Å². The molecule has 6 nitrogen and oxygen atoms in total. The quantitative estimate of drug-likeness (QED) is 0.483. The summed E-state index contributed by atoms with van der Waals surface area (Å²) in [6.45, 7) is 3.30. The lowest BCUT2D eigenvalue weighted by Gasteiger charge is -2.19. The van der Waals surface area contributed by atoms with Crippen LogP contribution in [-0.2, 0) is 11.3 Å². The highest BCUT2D eigenvalue weighted by Gasteiger charge is 2.27. The minimum Gasteiger partial charge on any atom is -0.464 e. The third kappa shape index (κ3) is 4.02. The van der Waals surface area contributed by atoms with E-state index in [1.807, 2.05) is 30.3 Å². The number of imide groups is 1. The van der Waals surface area contributed by atoms with Crippen LogP contribution in [0.25, 0.3) is 16.9 Å². The Kier molecular flexibility index (Phi) is 5.14. The largest absolute Gasteiger partial charge is 0.464 e. The molecule has 6 heteroatoms. The van der Waals surface area contributed by atoms with Crippen LogP contribution in [0.2, 0.25) is 0 Å². The van der Waals surface area contributed by atoms with Crippen molar-refractivity contribution in [1.82, 2.24) is 10.2 Å². The van der Waals surface area contributed by atoms with Gasteiger partial charge in [-0.25, -0.2) is 0 Å². The average Bonchev–Trinajstić information content (AvgIpc) is 3.49. The summed E-state index contributed by atoms with van der Waals surface area (Å²) in [5.74, 6) is -0.135. The minimum atomic E-state index is -0.424. The molecule has 0 radical (unpaired) electrons. The van der Waals surface area contributed by atoms with E-state index in [9.17, 15) is 9.59 Å². The first kappa shape index (κ1) is 19.3. The van der Waals surface area contributed by atoms with Crippen LogP contribution in [-0.4, -0.2) is 29.8 Å². The smallest absolute Gasteiger partial charge is 0.260 e. The van der Waals surface area contributed by atoms with Gasteiger partial charge in [0.1, 0.15) is 5.76 Å². The molecule has 0 bridgehead atoms. The van der Waals surface area contributed by atoms with Gasteiger partial charge in [0.25, 0.3) is 11.8 Å². The Morgan fingerprint density at radius 1 is 0.968 bits per heavy atom. The summed E-state index contributed by atoms with van der Waals surface area (Å²) in [7, 11) is 0. The molecular formula is C25H23N3O3. The first-order valence-electron chi connectivity index (χ1n) is 10.5. The molecule has 0 aliphatic carbocycles. The van der Waals surface area contributed by atoms with Gasteiger partial charge < -0.3 is 9.73 Å². The summed E-state index contributed by atoms with van der Waals surface area (Å²) in [5.41, 5.74) is 4.41. The van der Waals surface area contributed by atoms with Crippen LogP contribution in [0.15, 0.2) is 71.5 Å². The Morgan fingerprint density at radius 2 is 1.77 bits per heavy atom. The van der Waals surface area contributed by atoms with Crippen molar-refractivity contribution in [3.63, 3.8) is 0 Å². The lowest BCUT2D eigenvalue weighted by atomic mass is 9.93. The van der Waals surface area contributed by atoms with E-state index >= 15 is 0 Å². The Labute approximate surface area is 180 Å². The number of rotatable bonds is 5. The molecule has 1 aromatic heterocycles. The lowest BCUT2D eigenvalue weighted by molar-refractivity contribution is -0.114. The van der Waals surface area contributed by atoms with E-state index in [-0.39, 0.29) is 0 Å². The number of hydrogen-bond donors (Lipinski definition) is 2. The summed E-state index contributed by atoms with van der Waals surface area (Å²) in [6, 6.07) is 17.2. The molecule has 31 heavy (non-hydrogen) atoms. The number of nitrogens with one attached hydrogen (secondary N) is 2. The second-order valence-corrected chi connectivity index (χ2v) is 7.90. The van der Waals surface area contributed by atoms with E-state index in [0.717, 1.165) is 17.8 Å². The third-order valence-corrected chi connectivity index (χ3v) is 5.77. The molecule has 156 valence electrons. The van der Waals surface area contributed by atoms with Crippen molar-refractivity contribution in [1.29, 1.82) is 0 Å². The summed E-state index contributed by atoms with van der Waals surface area (Å²) in [4.78, 5) is 27.3. The van der Waals surface area contributed by atoms with Crippen molar-refractivity contribution >= 4 is 23.1 Å². The van der Waals surface area contributed by atoms with E-state index in [2.05, 4.69) is 27.7 Å². The molecule has 2 N–H and O–H groups in total. The second kappa shape index (κ2) is 8.24. The number of benzene rings is 2. The van der Waals surface area contributed by atoms with Gasteiger partial charge in [0.05, 0.1) is 11.8 Å². The molecule has 0 saturated carbocycles. The van der Waals surface area contributed by atoms with Crippen LogP contribution >= 0.6 is 0 Å². The van der Waals surface area contributed by atoms with Crippen LogP contribution in [0.5, 0.6) is 0 Å². The maximum Gasteiger partial charge on any atom is 0.260 e. The number of nitrogens with zero attached hydrogens (tertiary/aromatic N) is 1. The zero-order valence-electron chi connectivity index (χ0n) is 17.1. The highest BCUT2D eigenvalue weighted by molar-refractivity contribution is 6.31. The Morgan fingerprint density at radius 3 is 2.52 bits per heavy atom. The molecule has 2 amide bonds. The lowest BCUT2D eigenvalue weighted by Crippen LogP contribution is -2.36. The SMILES string of the molecule is O=C1NC(=O)c2ccc(-c3ccco3)cc2C1=CNc1ccc(CN2CCCC2)cc1. The molecule has 1 fully saturated rings. The molecule has 2 aromatic carbocycles. The van der Waals surface area contributed by atoms with Crippen molar-refractivity contribution in [3.05, 3.63) is 83.8 Å². The number of hydrogen-bond acceptors (Lipinski definition) is 5. The van der Waals surface area contributed by atoms with Gasteiger partial charge in [-0.3, -0.25) is 19.8 Å². The van der Waals surface area contributed by atoms with Crippen LogP contribution in [0.3, 0.4) is 0 Å². The number of fused-ring (bicyclic) bond motifs is 1. The molecule has 2 aliphatic heterocycles. The van der Waals surface area contributed by atoms with Gasteiger partial charge >= 0.3 is 0 Å². The predicted octanol–water partition coefficient (Wildman–Crippen LogP) is 4.27. The molecule has 3 aromatic rings. The molecule has 0 spiro atoms. The maximum absolute atomic E-state index is 12.6. The normalized spacial score (nSPS) is 17.6. The number of likely N-dealkylation sites (tertiary alicyclic amines) is 1. The molecule has 0 atom stereocenters. The van der Waals surface area contributed by atoms with Gasteiger partial charge in [-0.05, 0) is 67.9 Å². The second-order valence-electron chi connectivity index (χ2n) is 7.90. The summed E-state index contributed by atoms with van der Waals surface area (Å²) in [6.07, 6.45) is 5.81. The van der Waals surface area contributed by atoms with Crippen LogP contribution in [0.1, 0.15) is 34.3 Å². The average molecular weight is 413 g/mol. The number of carbonyl (C=O) groups excluding carboxylic acids is 2. The van der Waals surface area contributed by atoms with Crippen molar-refractivity contribution in [3.8, 4) is 11.3 Å². The van der Waals surface area contributed by atoms with Gasteiger partial charge in [-0.2, -0.15) is 0 Å².